The van der Waals surface area contributed by atoms with Crippen LogP contribution in [0.15, 0.2) is 84.1 Å². The number of Topliss-reactive ketones (excluding diaryl/α,β-unsaturated/α-hetero) is 1. The molecular weight excluding hydrogens is 408 g/mol. The van der Waals surface area contributed by atoms with Crippen LogP contribution in [0.3, 0.4) is 0 Å². The van der Waals surface area contributed by atoms with Gasteiger partial charge in [-0.1, -0.05) is 48.0 Å². The molecule has 2 N–H and O–H groups in total. The van der Waals surface area contributed by atoms with Gasteiger partial charge in [-0.15, -0.1) is 0 Å². The average molecular weight is 431 g/mol. The Balaban J connectivity index is 1.58. The van der Waals surface area contributed by atoms with Gasteiger partial charge in [0.2, 0.25) is 0 Å². The molecule has 0 spiro atoms. The quantitative estimate of drug-likeness (QED) is 0.509. The number of carbonyl (C=O) groups is 1. The number of para-hydroxylation sites is 2. The summed E-state index contributed by atoms with van der Waals surface area (Å²) in [6, 6.07) is 23.6. The van der Waals surface area contributed by atoms with Crippen molar-refractivity contribution >= 4 is 28.8 Å². The molecule has 0 saturated heterocycles. The lowest BCUT2D eigenvalue weighted by molar-refractivity contribution is -0.116. The molecule has 3 aromatic carbocycles. The van der Waals surface area contributed by atoms with Crippen LogP contribution in [0.5, 0.6) is 5.75 Å². The molecule has 0 radical (unpaired) electrons. The average Bonchev–Trinajstić information content (AvgIpc) is 2.96. The third kappa shape index (κ3) is 3.79. The number of carbonyl (C=O) groups excluding carboxylic acids is 1. The molecule has 0 amide bonds. The second kappa shape index (κ2) is 8.12. The fourth-order valence-corrected chi connectivity index (χ4v) is 4.74. The number of nitrogens with one attached hydrogen (secondary N) is 2. The first-order chi connectivity index (χ1) is 15.1. The smallest absolute Gasteiger partial charge is 0.163 e. The molecule has 2 aliphatic rings. The molecule has 1 aliphatic carbocycles. The molecular formula is C26H23ClN2O2. The number of methoxy groups -OCH3 is 1. The van der Waals surface area contributed by atoms with E-state index in [9.17, 15) is 4.79 Å². The summed E-state index contributed by atoms with van der Waals surface area (Å²) < 4.78 is 5.28. The Morgan fingerprint density at radius 1 is 0.903 bits per heavy atom. The maximum absolute atomic E-state index is 13.5. The molecule has 0 unspecified atom stereocenters. The first-order valence-electron chi connectivity index (χ1n) is 10.4. The molecule has 156 valence electrons. The minimum atomic E-state index is -0.255. The van der Waals surface area contributed by atoms with E-state index in [2.05, 4.69) is 22.8 Å². The van der Waals surface area contributed by atoms with Crippen molar-refractivity contribution in [2.75, 3.05) is 17.7 Å². The molecule has 1 aliphatic heterocycles. The Hall–Kier alpha value is -3.24. The van der Waals surface area contributed by atoms with Crippen LogP contribution in [0, 0.1) is 0 Å². The highest BCUT2D eigenvalue weighted by molar-refractivity contribution is 6.30. The van der Waals surface area contributed by atoms with Gasteiger partial charge in [0, 0.05) is 22.7 Å². The zero-order valence-electron chi connectivity index (χ0n) is 17.2. The van der Waals surface area contributed by atoms with Crippen LogP contribution in [0.25, 0.3) is 0 Å². The van der Waals surface area contributed by atoms with E-state index in [-0.39, 0.29) is 17.7 Å². The second-order valence-electron chi connectivity index (χ2n) is 8.00. The van der Waals surface area contributed by atoms with Crippen molar-refractivity contribution in [3.63, 3.8) is 0 Å². The number of halogens is 1. The standard InChI is InChI=1S/C26H23ClN2O2/c1-31-20-11-9-16(10-12-20)18-14-23-25(24(30)15-18)26(17-5-4-6-19(27)13-17)29-22-8-3-2-7-21(22)28-23/h2-13,18,26,28-29H,14-15H2,1H3/t18-,26+/m0/s1. The molecule has 5 rings (SSSR count). The molecule has 0 aromatic heterocycles. The molecule has 2 atom stereocenters. The highest BCUT2D eigenvalue weighted by Crippen LogP contribution is 2.44. The summed E-state index contributed by atoms with van der Waals surface area (Å²) in [5, 5.41) is 7.81. The summed E-state index contributed by atoms with van der Waals surface area (Å²) in [6.45, 7) is 0. The topological polar surface area (TPSA) is 50.4 Å². The number of allylic oxidation sites excluding steroid dienone is 1. The Bertz CT molecular complexity index is 1170. The zero-order chi connectivity index (χ0) is 21.4. The lowest BCUT2D eigenvalue weighted by atomic mass is 9.78. The van der Waals surface area contributed by atoms with Gasteiger partial charge in [0.1, 0.15) is 5.75 Å². The van der Waals surface area contributed by atoms with Crippen LogP contribution in [-0.2, 0) is 4.79 Å². The first kappa shape index (κ1) is 19.7. The van der Waals surface area contributed by atoms with Crippen LogP contribution in [0.1, 0.15) is 35.9 Å². The van der Waals surface area contributed by atoms with Crippen molar-refractivity contribution in [1.82, 2.24) is 0 Å². The first-order valence-corrected chi connectivity index (χ1v) is 10.8. The van der Waals surface area contributed by atoms with Gasteiger partial charge in [0.25, 0.3) is 0 Å². The summed E-state index contributed by atoms with van der Waals surface area (Å²) in [6.07, 6.45) is 1.24. The number of ether oxygens (including phenoxy) is 1. The van der Waals surface area contributed by atoms with Gasteiger partial charge in [-0.05, 0) is 59.9 Å². The van der Waals surface area contributed by atoms with Crippen molar-refractivity contribution in [3.8, 4) is 5.75 Å². The molecule has 0 fully saturated rings. The third-order valence-electron chi connectivity index (χ3n) is 6.08. The predicted molar refractivity (Wildman–Crippen MR) is 125 cm³/mol. The Kier molecular flexibility index (Phi) is 5.16. The normalized spacial score (nSPS) is 20.1. The summed E-state index contributed by atoms with van der Waals surface area (Å²) in [5.74, 6) is 1.09. The predicted octanol–water partition coefficient (Wildman–Crippen LogP) is 6.33. The maximum Gasteiger partial charge on any atom is 0.163 e. The van der Waals surface area contributed by atoms with E-state index in [0.717, 1.165) is 45.9 Å². The number of ketones is 1. The summed E-state index contributed by atoms with van der Waals surface area (Å²) in [4.78, 5) is 13.5. The van der Waals surface area contributed by atoms with Gasteiger partial charge in [0.15, 0.2) is 5.78 Å². The Morgan fingerprint density at radius 2 is 1.68 bits per heavy atom. The van der Waals surface area contributed by atoms with E-state index >= 15 is 0 Å². The summed E-state index contributed by atoms with van der Waals surface area (Å²) in [5.41, 5.74) is 5.84. The Labute approximate surface area is 186 Å². The molecule has 0 bridgehead atoms. The van der Waals surface area contributed by atoms with Gasteiger partial charge < -0.3 is 15.4 Å². The van der Waals surface area contributed by atoms with E-state index < -0.39 is 0 Å². The van der Waals surface area contributed by atoms with Crippen LogP contribution < -0.4 is 15.4 Å². The SMILES string of the molecule is COc1ccc([C@@H]2CC(=O)C3=C(C2)Nc2ccccc2N[C@@H]3c2cccc(Cl)c2)cc1. The van der Waals surface area contributed by atoms with E-state index in [1.807, 2.05) is 60.7 Å². The van der Waals surface area contributed by atoms with Gasteiger partial charge in [-0.2, -0.15) is 0 Å². The van der Waals surface area contributed by atoms with E-state index in [1.54, 1.807) is 7.11 Å². The molecule has 4 nitrogen and oxygen atoms in total. The molecule has 31 heavy (non-hydrogen) atoms. The van der Waals surface area contributed by atoms with Crippen molar-refractivity contribution in [1.29, 1.82) is 0 Å². The maximum atomic E-state index is 13.5. The largest absolute Gasteiger partial charge is 0.497 e. The van der Waals surface area contributed by atoms with E-state index in [4.69, 9.17) is 16.3 Å². The zero-order valence-corrected chi connectivity index (χ0v) is 17.9. The Morgan fingerprint density at radius 3 is 2.42 bits per heavy atom. The van der Waals surface area contributed by atoms with Crippen molar-refractivity contribution in [2.24, 2.45) is 0 Å². The van der Waals surface area contributed by atoms with Crippen LogP contribution >= 0.6 is 11.6 Å². The number of anilines is 2. The number of fused-ring (bicyclic) bond motifs is 1. The monoisotopic (exact) mass is 430 g/mol. The molecule has 3 aromatic rings. The van der Waals surface area contributed by atoms with E-state index in [1.165, 1.54) is 0 Å². The summed E-state index contributed by atoms with van der Waals surface area (Å²) in [7, 11) is 1.66. The van der Waals surface area contributed by atoms with Gasteiger partial charge in [-0.3, -0.25) is 4.79 Å². The molecule has 0 saturated carbocycles. The van der Waals surface area contributed by atoms with Gasteiger partial charge >= 0.3 is 0 Å². The fraction of sp³-hybridized carbons (Fsp3) is 0.192. The van der Waals surface area contributed by atoms with Crippen molar-refractivity contribution in [2.45, 2.75) is 24.8 Å². The fourth-order valence-electron chi connectivity index (χ4n) is 4.54. The van der Waals surface area contributed by atoms with Crippen molar-refractivity contribution in [3.05, 3.63) is 100 Å². The van der Waals surface area contributed by atoms with Gasteiger partial charge in [0.05, 0.1) is 24.5 Å². The lowest BCUT2D eigenvalue weighted by Crippen LogP contribution is -2.26. The van der Waals surface area contributed by atoms with Crippen LogP contribution in [0.2, 0.25) is 5.02 Å². The van der Waals surface area contributed by atoms with Gasteiger partial charge in [-0.25, -0.2) is 0 Å². The minimum absolute atomic E-state index is 0.120. The molecule has 5 heteroatoms. The number of hydrogen-bond donors (Lipinski definition) is 2. The lowest BCUT2D eigenvalue weighted by Gasteiger charge is -2.30. The highest BCUT2D eigenvalue weighted by Gasteiger charge is 2.36. The number of rotatable bonds is 3. The van der Waals surface area contributed by atoms with E-state index in [0.29, 0.717) is 11.4 Å². The third-order valence-corrected chi connectivity index (χ3v) is 6.31. The molecule has 1 heterocycles. The number of hydrogen-bond acceptors (Lipinski definition) is 4. The number of benzene rings is 3. The van der Waals surface area contributed by atoms with Crippen LogP contribution in [0.4, 0.5) is 11.4 Å². The highest BCUT2D eigenvalue weighted by atomic mass is 35.5. The van der Waals surface area contributed by atoms with Crippen molar-refractivity contribution < 1.29 is 9.53 Å². The minimum Gasteiger partial charge on any atom is -0.497 e. The summed E-state index contributed by atoms with van der Waals surface area (Å²) >= 11 is 6.29. The second-order valence-corrected chi connectivity index (χ2v) is 8.43. The van der Waals surface area contributed by atoms with Crippen LogP contribution in [-0.4, -0.2) is 12.9 Å².